The maximum absolute atomic E-state index is 11.2. The van der Waals surface area contributed by atoms with Gasteiger partial charge in [0.05, 0.1) is 5.52 Å². The maximum atomic E-state index is 11.2. The zero-order chi connectivity index (χ0) is 12.1. The van der Waals surface area contributed by atoms with Crippen molar-refractivity contribution in [1.82, 2.24) is 10.3 Å². The van der Waals surface area contributed by atoms with Crippen LogP contribution in [-0.4, -0.2) is 24.0 Å². The first-order chi connectivity index (χ1) is 8.29. The molecule has 0 aliphatic carbocycles. The van der Waals surface area contributed by atoms with E-state index in [-0.39, 0.29) is 12.5 Å². The van der Waals surface area contributed by atoms with Crippen LogP contribution in [0.5, 0.6) is 5.75 Å². The van der Waals surface area contributed by atoms with Crippen LogP contribution in [0.2, 0.25) is 0 Å². The van der Waals surface area contributed by atoms with Gasteiger partial charge in [-0.2, -0.15) is 0 Å². The molecule has 0 unspecified atom stereocenters. The number of hydrogen-bond donors (Lipinski definition) is 1. The van der Waals surface area contributed by atoms with E-state index in [9.17, 15) is 4.79 Å². The van der Waals surface area contributed by atoms with E-state index in [1.807, 2.05) is 37.3 Å². The van der Waals surface area contributed by atoms with Gasteiger partial charge in [0, 0.05) is 18.1 Å². The Morgan fingerprint density at radius 3 is 3.12 bits per heavy atom. The smallest absolute Gasteiger partial charge is 0.257 e. The normalized spacial score (nSPS) is 10.2. The topological polar surface area (TPSA) is 51.2 Å². The summed E-state index contributed by atoms with van der Waals surface area (Å²) < 4.78 is 5.39. The zero-order valence-corrected chi connectivity index (χ0v) is 9.64. The number of likely N-dealkylation sites (N-methyl/N-ethyl adjacent to an activating group) is 1. The highest BCUT2D eigenvalue weighted by atomic mass is 16.5. The first-order valence-corrected chi connectivity index (χ1v) is 5.54. The Labute approximate surface area is 99.6 Å². The molecule has 0 spiro atoms. The van der Waals surface area contributed by atoms with Crippen LogP contribution in [0.1, 0.15) is 6.92 Å². The Morgan fingerprint density at radius 2 is 2.29 bits per heavy atom. The van der Waals surface area contributed by atoms with Crippen LogP contribution in [0.15, 0.2) is 36.5 Å². The van der Waals surface area contributed by atoms with Gasteiger partial charge in [-0.1, -0.05) is 6.07 Å². The second-order valence-electron chi connectivity index (χ2n) is 3.60. The SMILES string of the molecule is CCNC(=O)COc1ccc2ncccc2c1. The molecule has 0 aliphatic rings. The summed E-state index contributed by atoms with van der Waals surface area (Å²) in [7, 11) is 0. The molecule has 1 aromatic heterocycles. The van der Waals surface area contributed by atoms with Crippen LogP contribution in [0.4, 0.5) is 0 Å². The van der Waals surface area contributed by atoms with Crippen LogP contribution in [0.3, 0.4) is 0 Å². The van der Waals surface area contributed by atoms with E-state index in [4.69, 9.17) is 4.74 Å². The lowest BCUT2D eigenvalue weighted by atomic mass is 10.2. The van der Waals surface area contributed by atoms with E-state index >= 15 is 0 Å². The van der Waals surface area contributed by atoms with Crippen molar-refractivity contribution in [3.63, 3.8) is 0 Å². The van der Waals surface area contributed by atoms with E-state index in [0.717, 1.165) is 10.9 Å². The molecule has 1 heterocycles. The summed E-state index contributed by atoms with van der Waals surface area (Å²) in [6.07, 6.45) is 1.75. The standard InChI is InChI=1S/C13H14N2O2/c1-2-14-13(16)9-17-11-5-6-12-10(8-11)4-3-7-15-12/h3-8H,2,9H2,1H3,(H,14,16). The number of nitrogens with zero attached hydrogens (tertiary/aromatic N) is 1. The number of benzene rings is 1. The van der Waals surface area contributed by atoms with Crippen molar-refractivity contribution in [2.45, 2.75) is 6.92 Å². The van der Waals surface area contributed by atoms with Crippen LogP contribution >= 0.6 is 0 Å². The fourth-order valence-electron chi connectivity index (χ4n) is 1.54. The van der Waals surface area contributed by atoms with Crippen LogP contribution in [-0.2, 0) is 4.79 Å². The number of pyridine rings is 1. The first kappa shape index (κ1) is 11.4. The third-order valence-corrected chi connectivity index (χ3v) is 2.32. The van der Waals surface area contributed by atoms with Crippen LogP contribution in [0, 0.1) is 0 Å². The molecule has 0 saturated carbocycles. The van der Waals surface area contributed by atoms with Crippen molar-refractivity contribution < 1.29 is 9.53 Å². The molecule has 0 radical (unpaired) electrons. The van der Waals surface area contributed by atoms with Crippen molar-refractivity contribution in [2.24, 2.45) is 0 Å². The Morgan fingerprint density at radius 1 is 1.41 bits per heavy atom. The van der Waals surface area contributed by atoms with Gasteiger partial charge < -0.3 is 10.1 Å². The van der Waals surface area contributed by atoms with Crippen molar-refractivity contribution in [2.75, 3.05) is 13.2 Å². The van der Waals surface area contributed by atoms with Crippen molar-refractivity contribution >= 4 is 16.8 Å². The van der Waals surface area contributed by atoms with Crippen molar-refractivity contribution in [3.8, 4) is 5.75 Å². The lowest BCUT2D eigenvalue weighted by Gasteiger charge is -2.06. The number of carbonyl (C=O) groups excluding carboxylic acids is 1. The minimum atomic E-state index is -0.112. The molecule has 1 amide bonds. The van der Waals surface area contributed by atoms with E-state index in [1.165, 1.54) is 0 Å². The van der Waals surface area contributed by atoms with Gasteiger partial charge in [0.25, 0.3) is 5.91 Å². The van der Waals surface area contributed by atoms with Gasteiger partial charge in [-0.15, -0.1) is 0 Å². The van der Waals surface area contributed by atoms with E-state index in [1.54, 1.807) is 6.20 Å². The van der Waals surface area contributed by atoms with E-state index in [2.05, 4.69) is 10.3 Å². The Bertz CT molecular complexity index is 526. The highest BCUT2D eigenvalue weighted by Crippen LogP contribution is 2.18. The summed E-state index contributed by atoms with van der Waals surface area (Å²) in [4.78, 5) is 15.4. The molecule has 0 atom stereocenters. The second-order valence-corrected chi connectivity index (χ2v) is 3.60. The number of aromatic nitrogens is 1. The first-order valence-electron chi connectivity index (χ1n) is 5.54. The average molecular weight is 230 g/mol. The second kappa shape index (κ2) is 5.30. The summed E-state index contributed by atoms with van der Waals surface area (Å²) in [5.41, 5.74) is 0.915. The Balaban J connectivity index is 2.06. The predicted molar refractivity (Wildman–Crippen MR) is 65.9 cm³/mol. The van der Waals surface area contributed by atoms with Gasteiger partial charge in [-0.05, 0) is 31.2 Å². The van der Waals surface area contributed by atoms with Gasteiger partial charge in [0.15, 0.2) is 6.61 Å². The van der Waals surface area contributed by atoms with Gasteiger partial charge in [-0.3, -0.25) is 9.78 Å². The summed E-state index contributed by atoms with van der Waals surface area (Å²) in [6.45, 7) is 2.53. The fraction of sp³-hybridized carbons (Fsp3) is 0.231. The highest BCUT2D eigenvalue weighted by molar-refractivity contribution is 5.80. The number of nitrogens with one attached hydrogen (secondary N) is 1. The molecular weight excluding hydrogens is 216 g/mol. The Kier molecular flexibility index (Phi) is 3.55. The molecule has 0 aliphatic heterocycles. The fourth-order valence-corrected chi connectivity index (χ4v) is 1.54. The van der Waals surface area contributed by atoms with Crippen LogP contribution < -0.4 is 10.1 Å². The summed E-state index contributed by atoms with van der Waals surface area (Å²) in [5, 5.41) is 3.68. The molecule has 0 saturated heterocycles. The number of ether oxygens (including phenoxy) is 1. The van der Waals surface area contributed by atoms with Gasteiger partial charge in [0.1, 0.15) is 5.75 Å². The molecule has 4 heteroatoms. The molecule has 0 fully saturated rings. The number of rotatable bonds is 4. The van der Waals surface area contributed by atoms with E-state index in [0.29, 0.717) is 12.3 Å². The maximum Gasteiger partial charge on any atom is 0.257 e. The summed E-state index contributed by atoms with van der Waals surface area (Å²) in [6, 6.07) is 9.40. The Hall–Kier alpha value is -2.10. The lowest BCUT2D eigenvalue weighted by molar-refractivity contribution is -0.122. The summed E-state index contributed by atoms with van der Waals surface area (Å²) >= 11 is 0. The molecule has 88 valence electrons. The van der Waals surface area contributed by atoms with Crippen molar-refractivity contribution in [3.05, 3.63) is 36.5 Å². The molecule has 4 nitrogen and oxygen atoms in total. The molecule has 1 N–H and O–H groups in total. The minimum absolute atomic E-state index is 0.0413. The zero-order valence-electron chi connectivity index (χ0n) is 9.64. The molecule has 2 rings (SSSR count). The van der Waals surface area contributed by atoms with Crippen molar-refractivity contribution in [1.29, 1.82) is 0 Å². The van der Waals surface area contributed by atoms with Crippen LogP contribution in [0.25, 0.3) is 10.9 Å². The molecule has 0 bridgehead atoms. The monoisotopic (exact) mass is 230 g/mol. The highest BCUT2D eigenvalue weighted by Gasteiger charge is 2.02. The predicted octanol–water partition coefficient (Wildman–Crippen LogP) is 1.75. The van der Waals surface area contributed by atoms with Gasteiger partial charge >= 0.3 is 0 Å². The quantitative estimate of drug-likeness (QED) is 0.870. The third-order valence-electron chi connectivity index (χ3n) is 2.32. The minimum Gasteiger partial charge on any atom is -0.484 e. The number of fused-ring (bicyclic) bond motifs is 1. The number of carbonyl (C=O) groups is 1. The number of amides is 1. The summed E-state index contributed by atoms with van der Waals surface area (Å²) in [5.74, 6) is 0.565. The largest absolute Gasteiger partial charge is 0.484 e. The molecule has 1 aromatic carbocycles. The molecule has 17 heavy (non-hydrogen) atoms. The molecular formula is C13H14N2O2. The lowest BCUT2D eigenvalue weighted by Crippen LogP contribution is -2.28. The average Bonchev–Trinajstić information content (AvgIpc) is 2.36. The number of hydrogen-bond acceptors (Lipinski definition) is 3. The third kappa shape index (κ3) is 2.93. The molecule has 2 aromatic rings. The van der Waals surface area contributed by atoms with Gasteiger partial charge in [0.2, 0.25) is 0 Å². The van der Waals surface area contributed by atoms with E-state index < -0.39 is 0 Å². The van der Waals surface area contributed by atoms with Gasteiger partial charge in [-0.25, -0.2) is 0 Å².